The van der Waals surface area contributed by atoms with Crippen LogP contribution in [0.5, 0.6) is 0 Å². The second kappa shape index (κ2) is 6.49. The monoisotopic (exact) mass is 321 g/mol. The van der Waals surface area contributed by atoms with Crippen LogP contribution in [0, 0.1) is 6.92 Å². The molecule has 0 spiro atoms. The molecule has 0 bridgehead atoms. The Kier molecular flexibility index (Phi) is 4.45. The highest BCUT2D eigenvalue weighted by atomic mass is 35.5. The van der Waals surface area contributed by atoms with Crippen LogP contribution in [0.2, 0.25) is 5.28 Å². The number of benzene rings is 1. The molecule has 1 aliphatic heterocycles. The van der Waals surface area contributed by atoms with Crippen LogP contribution in [0.25, 0.3) is 0 Å². The molecule has 1 aliphatic rings. The number of aryl methyl sites for hydroxylation is 1. The molecule has 0 unspecified atom stereocenters. The van der Waals surface area contributed by atoms with E-state index >= 15 is 0 Å². The Hall–Kier alpha value is -1.53. The fourth-order valence-electron chi connectivity index (χ4n) is 2.07. The van der Waals surface area contributed by atoms with Crippen molar-refractivity contribution >= 4 is 40.9 Å². The molecular weight excluding hydrogens is 306 g/mol. The molecule has 1 saturated heterocycles. The van der Waals surface area contributed by atoms with Crippen LogP contribution in [0.3, 0.4) is 0 Å². The van der Waals surface area contributed by atoms with Crippen LogP contribution in [0.4, 0.5) is 17.6 Å². The van der Waals surface area contributed by atoms with E-state index in [1.807, 2.05) is 36.0 Å². The summed E-state index contributed by atoms with van der Waals surface area (Å²) in [6.07, 6.45) is 0. The van der Waals surface area contributed by atoms with Crippen LogP contribution in [0.15, 0.2) is 24.3 Å². The minimum atomic E-state index is 0.216. The lowest BCUT2D eigenvalue weighted by Gasteiger charge is -2.26. The molecule has 2 heterocycles. The topological polar surface area (TPSA) is 53.9 Å². The first-order valence-corrected chi connectivity index (χ1v) is 8.32. The molecule has 1 aromatic heterocycles. The normalized spacial score (nSPS) is 15.0. The van der Waals surface area contributed by atoms with Crippen molar-refractivity contribution in [3.63, 3.8) is 0 Å². The molecule has 0 radical (unpaired) electrons. The average Bonchev–Trinajstić information content (AvgIpc) is 2.50. The number of nitrogens with one attached hydrogen (secondary N) is 1. The van der Waals surface area contributed by atoms with Gasteiger partial charge in [-0.15, -0.1) is 0 Å². The Morgan fingerprint density at radius 3 is 2.52 bits per heavy atom. The van der Waals surface area contributed by atoms with Gasteiger partial charge in [0.25, 0.3) is 0 Å². The van der Waals surface area contributed by atoms with Gasteiger partial charge in [0.05, 0.1) is 0 Å². The predicted octanol–water partition coefficient (Wildman–Crippen LogP) is 3.13. The zero-order valence-electron chi connectivity index (χ0n) is 11.7. The van der Waals surface area contributed by atoms with E-state index in [4.69, 9.17) is 11.6 Å². The highest BCUT2D eigenvalue weighted by molar-refractivity contribution is 7.99. The Morgan fingerprint density at radius 1 is 1.10 bits per heavy atom. The summed E-state index contributed by atoms with van der Waals surface area (Å²) in [4.78, 5) is 15.0. The van der Waals surface area contributed by atoms with Crippen molar-refractivity contribution in [1.29, 1.82) is 0 Å². The summed E-state index contributed by atoms with van der Waals surface area (Å²) in [5, 5.41) is 3.39. The lowest BCUT2D eigenvalue weighted by atomic mass is 10.2. The molecule has 110 valence electrons. The zero-order valence-corrected chi connectivity index (χ0v) is 13.3. The quantitative estimate of drug-likeness (QED) is 0.937. The number of anilines is 3. The standard InChI is InChI=1S/C14H16ClN5S/c1-10-2-4-11(5-3-10)16-13-17-12(15)18-14(19-13)20-6-8-21-9-7-20/h2-5H,6-9H2,1H3,(H,16,17,18,19). The molecule has 1 N–H and O–H groups in total. The van der Waals surface area contributed by atoms with E-state index in [0.29, 0.717) is 11.9 Å². The summed E-state index contributed by atoms with van der Waals surface area (Å²) in [6.45, 7) is 3.93. The van der Waals surface area contributed by atoms with Crippen molar-refractivity contribution in [2.24, 2.45) is 0 Å². The third-order valence-electron chi connectivity index (χ3n) is 3.20. The Labute approximate surface area is 133 Å². The van der Waals surface area contributed by atoms with Gasteiger partial charge >= 0.3 is 0 Å². The molecule has 0 aliphatic carbocycles. The Morgan fingerprint density at radius 2 is 1.81 bits per heavy atom. The molecule has 21 heavy (non-hydrogen) atoms. The van der Waals surface area contributed by atoms with E-state index in [2.05, 4.69) is 32.1 Å². The molecule has 7 heteroatoms. The molecule has 3 rings (SSSR count). The first-order valence-electron chi connectivity index (χ1n) is 6.79. The molecule has 0 amide bonds. The van der Waals surface area contributed by atoms with Gasteiger partial charge in [-0.25, -0.2) is 0 Å². The maximum atomic E-state index is 6.03. The van der Waals surface area contributed by atoms with Crippen molar-refractivity contribution in [3.8, 4) is 0 Å². The first kappa shape index (κ1) is 14.4. The van der Waals surface area contributed by atoms with Gasteiger partial charge in [-0.2, -0.15) is 26.7 Å². The maximum absolute atomic E-state index is 6.03. The number of hydrogen-bond acceptors (Lipinski definition) is 6. The lowest BCUT2D eigenvalue weighted by Crippen LogP contribution is -2.34. The van der Waals surface area contributed by atoms with Gasteiger partial charge in [-0.3, -0.25) is 0 Å². The van der Waals surface area contributed by atoms with Gasteiger partial charge in [0.2, 0.25) is 17.2 Å². The number of aromatic nitrogens is 3. The van der Waals surface area contributed by atoms with E-state index in [-0.39, 0.29) is 5.28 Å². The van der Waals surface area contributed by atoms with Crippen molar-refractivity contribution in [1.82, 2.24) is 15.0 Å². The largest absolute Gasteiger partial charge is 0.339 e. The highest BCUT2D eigenvalue weighted by Crippen LogP contribution is 2.20. The molecule has 1 aromatic carbocycles. The van der Waals surface area contributed by atoms with Crippen molar-refractivity contribution < 1.29 is 0 Å². The number of nitrogens with zero attached hydrogens (tertiary/aromatic N) is 4. The second-order valence-electron chi connectivity index (χ2n) is 4.82. The summed E-state index contributed by atoms with van der Waals surface area (Å²) in [7, 11) is 0. The minimum absolute atomic E-state index is 0.216. The highest BCUT2D eigenvalue weighted by Gasteiger charge is 2.16. The van der Waals surface area contributed by atoms with Gasteiger partial charge < -0.3 is 10.2 Å². The van der Waals surface area contributed by atoms with Crippen LogP contribution >= 0.6 is 23.4 Å². The van der Waals surface area contributed by atoms with Gasteiger partial charge in [-0.05, 0) is 30.7 Å². The molecule has 5 nitrogen and oxygen atoms in total. The van der Waals surface area contributed by atoms with Crippen LogP contribution < -0.4 is 10.2 Å². The lowest BCUT2D eigenvalue weighted by molar-refractivity contribution is 0.808. The predicted molar refractivity (Wildman–Crippen MR) is 88.8 cm³/mol. The second-order valence-corrected chi connectivity index (χ2v) is 6.38. The van der Waals surface area contributed by atoms with Crippen molar-refractivity contribution in [2.45, 2.75) is 6.92 Å². The number of halogens is 1. The summed E-state index contributed by atoms with van der Waals surface area (Å²) in [5.74, 6) is 3.30. The zero-order chi connectivity index (χ0) is 14.7. The SMILES string of the molecule is Cc1ccc(Nc2nc(Cl)nc(N3CCSCC3)n2)cc1. The molecule has 2 aromatic rings. The summed E-state index contributed by atoms with van der Waals surface area (Å²) in [6, 6.07) is 8.05. The van der Waals surface area contributed by atoms with Crippen LogP contribution in [-0.4, -0.2) is 39.5 Å². The number of thioether (sulfide) groups is 1. The summed E-state index contributed by atoms with van der Waals surface area (Å²) >= 11 is 7.97. The molecule has 0 saturated carbocycles. The van der Waals surface area contributed by atoms with Gasteiger partial charge in [-0.1, -0.05) is 17.7 Å². The van der Waals surface area contributed by atoms with Crippen LogP contribution in [-0.2, 0) is 0 Å². The van der Waals surface area contributed by atoms with Crippen molar-refractivity contribution in [3.05, 3.63) is 35.1 Å². The third kappa shape index (κ3) is 3.77. The minimum Gasteiger partial charge on any atom is -0.339 e. The van der Waals surface area contributed by atoms with Gasteiger partial charge in [0.15, 0.2) is 0 Å². The number of hydrogen-bond donors (Lipinski definition) is 1. The Bertz CT molecular complexity index is 613. The van der Waals surface area contributed by atoms with E-state index in [1.165, 1.54) is 5.56 Å². The summed E-state index contributed by atoms with van der Waals surface area (Å²) < 4.78 is 0. The van der Waals surface area contributed by atoms with Gasteiger partial charge in [0.1, 0.15) is 0 Å². The van der Waals surface area contributed by atoms with Crippen molar-refractivity contribution in [2.75, 3.05) is 34.8 Å². The molecule has 1 fully saturated rings. The van der Waals surface area contributed by atoms with Gasteiger partial charge in [0, 0.05) is 30.3 Å². The van der Waals surface area contributed by atoms with Crippen LogP contribution in [0.1, 0.15) is 5.56 Å². The third-order valence-corrected chi connectivity index (χ3v) is 4.31. The Balaban J connectivity index is 1.81. The summed E-state index contributed by atoms with van der Waals surface area (Å²) in [5.41, 5.74) is 2.14. The average molecular weight is 322 g/mol. The number of rotatable bonds is 3. The fraction of sp³-hybridized carbons (Fsp3) is 0.357. The maximum Gasteiger partial charge on any atom is 0.233 e. The first-order chi connectivity index (χ1) is 10.2. The van der Waals surface area contributed by atoms with E-state index < -0.39 is 0 Å². The molecule has 0 atom stereocenters. The van der Waals surface area contributed by atoms with E-state index in [0.717, 1.165) is 30.3 Å². The van der Waals surface area contributed by atoms with E-state index in [1.54, 1.807) is 0 Å². The molecular formula is C14H16ClN5S. The fourth-order valence-corrected chi connectivity index (χ4v) is 3.13. The van der Waals surface area contributed by atoms with E-state index in [9.17, 15) is 0 Å². The smallest absolute Gasteiger partial charge is 0.233 e.